The molecule has 2 aromatic carbocycles. The van der Waals surface area contributed by atoms with Crippen LogP contribution in [0, 0.1) is 6.92 Å². The first-order chi connectivity index (χ1) is 16.2. The summed E-state index contributed by atoms with van der Waals surface area (Å²) in [5.41, 5.74) is 2.02. The van der Waals surface area contributed by atoms with Crippen molar-refractivity contribution in [2.75, 3.05) is 39.3 Å². The zero-order valence-electron chi connectivity index (χ0n) is 19.2. The van der Waals surface area contributed by atoms with Crippen molar-refractivity contribution in [2.45, 2.75) is 32.2 Å². The number of rotatable bonds is 6. The first kappa shape index (κ1) is 21.6. The number of hydrogen-bond donors (Lipinski definition) is 0. The van der Waals surface area contributed by atoms with Gasteiger partial charge in [0.05, 0.1) is 0 Å². The molecule has 3 heterocycles. The molecule has 0 N–H and O–H groups in total. The third kappa shape index (κ3) is 4.93. The normalized spacial score (nSPS) is 18.7. The van der Waals surface area contributed by atoms with Gasteiger partial charge in [0.25, 0.3) is 5.91 Å². The SMILES string of the molecule is Cc1nnc2n1CC(c1cccc(C(=O)N3CCN(CCOc4ccccc4)CC3)c1)CC2. The Balaban J connectivity index is 1.14. The van der Waals surface area contributed by atoms with E-state index in [-0.39, 0.29) is 5.91 Å². The second kappa shape index (κ2) is 9.75. The number of nitrogens with zero attached hydrogens (tertiary/aromatic N) is 5. The summed E-state index contributed by atoms with van der Waals surface area (Å²) in [6.45, 7) is 7.68. The molecule has 7 heteroatoms. The number of aromatic nitrogens is 3. The minimum absolute atomic E-state index is 0.133. The maximum atomic E-state index is 13.2. The zero-order chi connectivity index (χ0) is 22.6. The quantitative estimate of drug-likeness (QED) is 0.583. The van der Waals surface area contributed by atoms with Crippen molar-refractivity contribution in [3.05, 3.63) is 77.4 Å². The van der Waals surface area contributed by atoms with Crippen LogP contribution in [0.2, 0.25) is 0 Å². The van der Waals surface area contributed by atoms with E-state index in [4.69, 9.17) is 4.74 Å². The lowest BCUT2D eigenvalue weighted by Gasteiger charge is -2.34. The number of carbonyl (C=O) groups is 1. The lowest BCUT2D eigenvalue weighted by atomic mass is 9.90. The van der Waals surface area contributed by atoms with E-state index in [9.17, 15) is 4.79 Å². The predicted octanol–water partition coefficient (Wildman–Crippen LogP) is 3.15. The van der Waals surface area contributed by atoms with Crippen molar-refractivity contribution < 1.29 is 9.53 Å². The summed E-state index contributed by atoms with van der Waals surface area (Å²) in [5.74, 6) is 3.47. The molecule has 172 valence electrons. The van der Waals surface area contributed by atoms with Crippen LogP contribution in [-0.4, -0.2) is 69.8 Å². The topological polar surface area (TPSA) is 63.5 Å². The Labute approximate surface area is 195 Å². The number of fused-ring (bicyclic) bond motifs is 1. The highest BCUT2D eigenvalue weighted by atomic mass is 16.5. The van der Waals surface area contributed by atoms with Crippen molar-refractivity contribution in [2.24, 2.45) is 0 Å². The number of para-hydroxylation sites is 1. The Hall–Kier alpha value is -3.19. The molecular formula is C26H31N5O2. The summed E-state index contributed by atoms with van der Waals surface area (Å²) >= 11 is 0. The summed E-state index contributed by atoms with van der Waals surface area (Å²) in [5, 5.41) is 8.49. The fraction of sp³-hybridized carbons (Fsp3) is 0.423. The van der Waals surface area contributed by atoms with Gasteiger partial charge < -0.3 is 14.2 Å². The van der Waals surface area contributed by atoms with Crippen molar-refractivity contribution in [1.82, 2.24) is 24.6 Å². The number of benzene rings is 2. The molecule has 5 rings (SSSR count). The van der Waals surface area contributed by atoms with Crippen LogP contribution in [0.3, 0.4) is 0 Å². The van der Waals surface area contributed by atoms with E-state index in [1.165, 1.54) is 5.56 Å². The summed E-state index contributed by atoms with van der Waals surface area (Å²) in [4.78, 5) is 17.6. The monoisotopic (exact) mass is 445 g/mol. The molecule has 7 nitrogen and oxygen atoms in total. The maximum absolute atomic E-state index is 13.2. The third-order valence-electron chi connectivity index (χ3n) is 6.82. The van der Waals surface area contributed by atoms with Gasteiger partial charge in [0.2, 0.25) is 0 Å². The molecule has 1 atom stereocenters. The van der Waals surface area contributed by atoms with Crippen LogP contribution in [-0.2, 0) is 13.0 Å². The van der Waals surface area contributed by atoms with Crippen LogP contribution in [0.4, 0.5) is 0 Å². The van der Waals surface area contributed by atoms with E-state index in [1.54, 1.807) is 0 Å². The number of hydrogen-bond acceptors (Lipinski definition) is 5. The minimum atomic E-state index is 0.133. The third-order valence-corrected chi connectivity index (χ3v) is 6.82. The summed E-state index contributed by atoms with van der Waals surface area (Å²) < 4.78 is 8.03. The van der Waals surface area contributed by atoms with Gasteiger partial charge in [0, 0.05) is 57.2 Å². The van der Waals surface area contributed by atoms with Crippen molar-refractivity contribution >= 4 is 5.91 Å². The van der Waals surface area contributed by atoms with Gasteiger partial charge in [-0.1, -0.05) is 30.3 Å². The molecule has 1 fully saturated rings. The second-order valence-electron chi connectivity index (χ2n) is 8.93. The molecule has 0 bridgehead atoms. The highest BCUT2D eigenvalue weighted by Crippen LogP contribution is 2.29. The molecule has 1 saturated heterocycles. The molecule has 33 heavy (non-hydrogen) atoms. The van der Waals surface area contributed by atoms with Crippen molar-refractivity contribution in [3.63, 3.8) is 0 Å². The van der Waals surface area contributed by atoms with Gasteiger partial charge in [-0.3, -0.25) is 9.69 Å². The van der Waals surface area contributed by atoms with Gasteiger partial charge in [-0.15, -0.1) is 10.2 Å². The van der Waals surface area contributed by atoms with E-state index < -0.39 is 0 Å². The van der Waals surface area contributed by atoms with E-state index in [0.29, 0.717) is 12.5 Å². The van der Waals surface area contributed by atoms with Crippen LogP contribution in [0.15, 0.2) is 54.6 Å². The number of aryl methyl sites for hydroxylation is 2. The number of carbonyl (C=O) groups excluding carboxylic acids is 1. The molecule has 0 aliphatic carbocycles. The van der Waals surface area contributed by atoms with Gasteiger partial charge in [-0.2, -0.15) is 0 Å². The van der Waals surface area contributed by atoms with Crippen LogP contribution in [0.5, 0.6) is 5.75 Å². The standard InChI is InChI=1S/C26H31N5O2/c1-20-27-28-25-11-10-23(19-31(20)25)21-6-5-7-22(18-21)26(32)30-14-12-29(13-15-30)16-17-33-24-8-3-2-4-9-24/h2-9,18,23H,10-17,19H2,1H3. The Kier molecular flexibility index (Phi) is 6.39. The Bertz CT molecular complexity index is 1090. The Morgan fingerprint density at radius 1 is 1.03 bits per heavy atom. The molecule has 0 radical (unpaired) electrons. The molecule has 1 unspecified atom stereocenters. The number of amides is 1. The minimum Gasteiger partial charge on any atom is -0.492 e. The Morgan fingerprint density at radius 2 is 1.85 bits per heavy atom. The predicted molar refractivity (Wildman–Crippen MR) is 127 cm³/mol. The van der Waals surface area contributed by atoms with Crippen LogP contribution in [0.25, 0.3) is 0 Å². The van der Waals surface area contributed by atoms with Gasteiger partial charge in [0.15, 0.2) is 0 Å². The summed E-state index contributed by atoms with van der Waals surface area (Å²) in [6.07, 6.45) is 1.97. The van der Waals surface area contributed by atoms with E-state index >= 15 is 0 Å². The smallest absolute Gasteiger partial charge is 0.253 e. The zero-order valence-corrected chi connectivity index (χ0v) is 19.2. The van der Waals surface area contributed by atoms with Gasteiger partial charge in [-0.05, 0) is 43.2 Å². The van der Waals surface area contributed by atoms with Crippen LogP contribution in [0.1, 0.15) is 39.9 Å². The Morgan fingerprint density at radius 3 is 2.67 bits per heavy atom. The van der Waals surface area contributed by atoms with Gasteiger partial charge in [-0.25, -0.2) is 0 Å². The highest BCUT2D eigenvalue weighted by molar-refractivity contribution is 5.94. The molecular weight excluding hydrogens is 414 g/mol. The van der Waals surface area contributed by atoms with Crippen molar-refractivity contribution in [1.29, 1.82) is 0 Å². The molecule has 2 aliphatic heterocycles. The molecule has 1 aromatic heterocycles. The first-order valence-corrected chi connectivity index (χ1v) is 11.9. The molecule has 0 saturated carbocycles. The van der Waals surface area contributed by atoms with Gasteiger partial charge in [0.1, 0.15) is 24.0 Å². The largest absolute Gasteiger partial charge is 0.492 e. The fourth-order valence-corrected chi connectivity index (χ4v) is 4.83. The molecule has 0 spiro atoms. The van der Waals surface area contributed by atoms with E-state index in [1.807, 2.05) is 54.3 Å². The number of piperazine rings is 1. The van der Waals surface area contributed by atoms with E-state index in [0.717, 1.165) is 75.1 Å². The van der Waals surface area contributed by atoms with Crippen LogP contribution >= 0.6 is 0 Å². The van der Waals surface area contributed by atoms with Crippen molar-refractivity contribution in [3.8, 4) is 5.75 Å². The average Bonchev–Trinajstić information content (AvgIpc) is 3.25. The molecule has 3 aromatic rings. The second-order valence-corrected chi connectivity index (χ2v) is 8.93. The maximum Gasteiger partial charge on any atom is 0.253 e. The van der Waals surface area contributed by atoms with Gasteiger partial charge >= 0.3 is 0 Å². The number of ether oxygens (including phenoxy) is 1. The average molecular weight is 446 g/mol. The molecule has 2 aliphatic rings. The summed E-state index contributed by atoms with van der Waals surface area (Å²) in [6, 6.07) is 18.1. The molecule has 1 amide bonds. The lowest BCUT2D eigenvalue weighted by Crippen LogP contribution is -2.49. The first-order valence-electron chi connectivity index (χ1n) is 11.9. The van der Waals surface area contributed by atoms with Crippen LogP contribution < -0.4 is 4.74 Å². The lowest BCUT2D eigenvalue weighted by molar-refractivity contribution is 0.0620. The summed E-state index contributed by atoms with van der Waals surface area (Å²) in [7, 11) is 0. The fourth-order valence-electron chi connectivity index (χ4n) is 4.83. The highest BCUT2D eigenvalue weighted by Gasteiger charge is 2.25. The van der Waals surface area contributed by atoms with E-state index in [2.05, 4.69) is 31.8 Å².